The molecule has 1 N–H and O–H groups in total. The summed E-state index contributed by atoms with van der Waals surface area (Å²) in [5.74, 6) is 0.674. The van der Waals surface area contributed by atoms with E-state index >= 15 is 0 Å². The van der Waals surface area contributed by atoms with Crippen LogP contribution >= 0.6 is 34.5 Å². The molecule has 0 aliphatic heterocycles. The number of anilines is 1. The lowest BCUT2D eigenvalue weighted by molar-refractivity contribution is -0.116. The molecule has 0 saturated heterocycles. The van der Waals surface area contributed by atoms with E-state index in [4.69, 9.17) is 32.5 Å². The molecule has 0 unspecified atom stereocenters. The Morgan fingerprint density at radius 3 is 3.00 bits per heavy atom. The lowest BCUT2D eigenvalue weighted by Gasteiger charge is -2.03. The maximum atomic E-state index is 12.2. The number of methoxy groups -OCH3 is 1. The number of carbonyl (C=O) groups is 1. The number of hydrogen-bond donors (Lipinski definition) is 1. The molecule has 7 nitrogen and oxygen atoms in total. The first kappa shape index (κ1) is 20.7. The van der Waals surface area contributed by atoms with E-state index in [2.05, 4.69) is 20.4 Å². The third-order valence-corrected chi connectivity index (χ3v) is 5.73. The Labute approximate surface area is 176 Å². The van der Waals surface area contributed by atoms with Crippen molar-refractivity contribution in [2.75, 3.05) is 12.4 Å². The van der Waals surface area contributed by atoms with E-state index in [9.17, 15) is 4.79 Å². The van der Waals surface area contributed by atoms with Crippen LogP contribution in [0.5, 0.6) is 0 Å². The highest BCUT2D eigenvalue weighted by atomic mass is 35.5. The molecular formula is C18H18Cl2N4O3S. The summed E-state index contributed by atoms with van der Waals surface area (Å²) in [4.78, 5) is 21.6. The summed E-state index contributed by atoms with van der Waals surface area (Å²) in [5, 5.41) is 8.18. The minimum Gasteiger partial charge on any atom is -0.374 e. The van der Waals surface area contributed by atoms with Gasteiger partial charge in [0.25, 0.3) is 0 Å². The van der Waals surface area contributed by atoms with Crippen molar-refractivity contribution in [3.8, 4) is 0 Å². The summed E-state index contributed by atoms with van der Waals surface area (Å²) in [6, 6.07) is 5.51. The van der Waals surface area contributed by atoms with Gasteiger partial charge in [-0.3, -0.25) is 4.79 Å². The Bertz CT molecular complexity index is 960. The Morgan fingerprint density at radius 1 is 1.39 bits per heavy atom. The van der Waals surface area contributed by atoms with Gasteiger partial charge in [0.05, 0.1) is 10.0 Å². The van der Waals surface area contributed by atoms with Gasteiger partial charge < -0.3 is 14.6 Å². The molecule has 1 aromatic carbocycles. The molecular weight excluding hydrogens is 423 g/mol. The second-order valence-electron chi connectivity index (χ2n) is 5.99. The van der Waals surface area contributed by atoms with Crippen molar-refractivity contribution < 1.29 is 14.1 Å². The molecule has 10 heteroatoms. The SMILES string of the molecule is CO[C@@H](C)c1noc(CCC(=O)Nc2ncc(Cc3cccc(Cl)c3Cl)s2)n1. The molecule has 0 fully saturated rings. The van der Waals surface area contributed by atoms with Crippen LogP contribution in [0.2, 0.25) is 10.0 Å². The molecule has 2 heterocycles. The molecule has 1 atom stereocenters. The summed E-state index contributed by atoms with van der Waals surface area (Å²) in [6.45, 7) is 1.82. The predicted octanol–water partition coefficient (Wildman–Crippen LogP) is 4.70. The van der Waals surface area contributed by atoms with Gasteiger partial charge in [0.1, 0.15) is 6.10 Å². The first-order chi connectivity index (χ1) is 13.5. The lowest BCUT2D eigenvalue weighted by atomic mass is 10.1. The van der Waals surface area contributed by atoms with Crippen LogP contribution in [0.4, 0.5) is 5.13 Å². The monoisotopic (exact) mass is 440 g/mol. The Kier molecular flexibility index (Phi) is 7.01. The van der Waals surface area contributed by atoms with E-state index in [-0.39, 0.29) is 18.4 Å². The zero-order valence-corrected chi connectivity index (χ0v) is 17.6. The number of amides is 1. The average molecular weight is 441 g/mol. The van der Waals surface area contributed by atoms with E-state index in [0.717, 1.165) is 10.4 Å². The highest BCUT2D eigenvalue weighted by Gasteiger charge is 2.15. The van der Waals surface area contributed by atoms with Crippen molar-refractivity contribution in [1.82, 2.24) is 15.1 Å². The summed E-state index contributed by atoms with van der Waals surface area (Å²) in [5.41, 5.74) is 0.910. The third kappa shape index (κ3) is 5.29. The van der Waals surface area contributed by atoms with Gasteiger partial charge in [0.2, 0.25) is 11.8 Å². The van der Waals surface area contributed by atoms with Crippen LogP contribution in [0.25, 0.3) is 0 Å². The average Bonchev–Trinajstić information content (AvgIpc) is 3.33. The smallest absolute Gasteiger partial charge is 0.227 e. The second kappa shape index (κ2) is 9.47. The minimum absolute atomic E-state index is 0.179. The lowest BCUT2D eigenvalue weighted by Crippen LogP contribution is -2.12. The van der Waals surface area contributed by atoms with Gasteiger partial charge in [-0.25, -0.2) is 4.98 Å². The van der Waals surface area contributed by atoms with Crippen molar-refractivity contribution in [1.29, 1.82) is 0 Å². The van der Waals surface area contributed by atoms with Gasteiger partial charge in [-0.2, -0.15) is 4.98 Å². The van der Waals surface area contributed by atoms with Crippen LogP contribution in [0, 0.1) is 0 Å². The number of rotatable bonds is 8. The van der Waals surface area contributed by atoms with Crippen LogP contribution in [0.3, 0.4) is 0 Å². The quantitative estimate of drug-likeness (QED) is 0.545. The van der Waals surface area contributed by atoms with Crippen molar-refractivity contribution in [3.05, 3.63) is 56.6 Å². The molecule has 148 valence electrons. The number of nitrogens with one attached hydrogen (secondary N) is 1. The van der Waals surface area contributed by atoms with Gasteiger partial charge in [-0.05, 0) is 18.6 Å². The standard InChI is InChI=1S/C18H18Cl2N4O3S/c1-10(26-2)17-23-15(27-24-17)7-6-14(25)22-18-21-9-12(28-18)8-11-4-3-5-13(19)16(11)20/h3-5,9-10H,6-8H2,1-2H3,(H,21,22,25)/t10-/m0/s1. The predicted molar refractivity (Wildman–Crippen MR) is 108 cm³/mol. The van der Waals surface area contributed by atoms with Crippen molar-refractivity contribution in [2.24, 2.45) is 0 Å². The number of carbonyl (C=O) groups excluding carboxylic acids is 1. The summed E-state index contributed by atoms with van der Waals surface area (Å²) in [6.07, 6.45) is 2.60. The highest BCUT2D eigenvalue weighted by Crippen LogP contribution is 2.29. The zero-order chi connectivity index (χ0) is 20.1. The van der Waals surface area contributed by atoms with E-state index in [1.54, 1.807) is 19.4 Å². The van der Waals surface area contributed by atoms with Crippen LogP contribution < -0.4 is 5.32 Å². The molecule has 28 heavy (non-hydrogen) atoms. The molecule has 3 aromatic rings. The largest absolute Gasteiger partial charge is 0.374 e. The van der Waals surface area contributed by atoms with Gasteiger partial charge in [0, 0.05) is 37.4 Å². The topological polar surface area (TPSA) is 90.1 Å². The van der Waals surface area contributed by atoms with Crippen LogP contribution in [-0.2, 0) is 22.4 Å². The van der Waals surface area contributed by atoms with Crippen LogP contribution in [0.15, 0.2) is 28.9 Å². The third-order valence-electron chi connectivity index (χ3n) is 3.96. The van der Waals surface area contributed by atoms with Gasteiger partial charge in [-0.15, -0.1) is 11.3 Å². The summed E-state index contributed by atoms with van der Waals surface area (Å²) < 4.78 is 10.2. The van der Waals surface area contributed by atoms with Crippen LogP contribution in [-0.4, -0.2) is 28.1 Å². The molecule has 0 bridgehead atoms. The number of nitrogens with zero attached hydrogens (tertiary/aromatic N) is 3. The zero-order valence-electron chi connectivity index (χ0n) is 15.2. The fourth-order valence-corrected chi connectivity index (χ4v) is 3.60. The first-order valence-electron chi connectivity index (χ1n) is 8.49. The summed E-state index contributed by atoms with van der Waals surface area (Å²) >= 11 is 13.7. The maximum absolute atomic E-state index is 12.2. The molecule has 0 aliphatic rings. The fourth-order valence-electron chi connectivity index (χ4n) is 2.36. The number of benzene rings is 1. The van der Waals surface area contributed by atoms with Gasteiger partial charge >= 0.3 is 0 Å². The number of thiazole rings is 1. The molecule has 1 amide bonds. The molecule has 0 saturated carbocycles. The Balaban J connectivity index is 1.52. The van der Waals surface area contributed by atoms with Crippen molar-refractivity contribution >= 4 is 45.6 Å². The Morgan fingerprint density at radius 2 is 2.21 bits per heavy atom. The van der Waals surface area contributed by atoms with E-state index in [1.165, 1.54) is 11.3 Å². The van der Waals surface area contributed by atoms with Crippen LogP contribution in [0.1, 0.15) is 41.6 Å². The van der Waals surface area contributed by atoms with E-state index < -0.39 is 0 Å². The minimum atomic E-state index is -0.256. The van der Waals surface area contributed by atoms with Gasteiger partial charge in [0.15, 0.2) is 11.0 Å². The van der Waals surface area contributed by atoms with E-state index in [0.29, 0.717) is 39.7 Å². The summed E-state index contributed by atoms with van der Waals surface area (Å²) in [7, 11) is 1.57. The maximum Gasteiger partial charge on any atom is 0.227 e. The number of hydrogen-bond acceptors (Lipinski definition) is 7. The van der Waals surface area contributed by atoms with Gasteiger partial charge in [-0.1, -0.05) is 40.5 Å². The van der Waals surface area contributed by atoms with Crippen molar-refractivity contribution in [2.45, 2.75) is 32.3 Å². The number of aryl methyl sites for hydroxylation is 1. The normalized spacial score (nSPS) is 12.1. The fraction of sp³-hybridized carbons (Fsp3) is 0.333. The number of ether oxygens (including phenoxy) is 1. The molecule has 3 rings (SSSR count). The number of aromatic nitrogens is 3. The second-order valence-corrected chi connectivity index (χ2v) is 7.89. The molecule has 0 radical (unpaired) electrons. The molecule has 0 aliphatic carbocycles. The first-order valence-corrected chi connectivity index (χ1v) is 10.1. The molecule has 2 aromatic heterocycles. The highest BCUT2D eigenvalue weighted by molar-refractivity contribution is 7.15. The van der Waals surface area contributed by atoms with Crippen molar-refractivity contribution in [3.63, 3.8) is 0 Å². The van der Waals surface area contributed by atoms with E-state index in [1.807, 2.05) is 19.1 Å². The number of halogens is 2. The Hall–Kier alpha value is -2.00. The molecule has 0 spiro atoms.